The summed E-state index contributed by atoms with van der Waals surface area (Å²) in [6, 6.07) is 1.11. The van der Waals surface area contributed by atoms with Gasteiger partial charge in [0.05, 0.1) is 12.9 Å². The van der Waals surface area contributed by atoms with E-state index in [9.17, 15) is 21.6 Å². The van der Waals surface area contributed by atoms with Crippen molar-refractivity contribution < 1.29 is 26.4 Å². The van der Waals surface area contributed by atoms with Crippen LogP contribution in [0.15, 0.2) is 11.1 Å². The molecule has 0 radical (unpaired) electrons. The number of esters is 1. The van der Waals surface area contributed by atoms with E-state index in [-0.39, 0.29) is 36.1 Å². The van der Waals surface area contributed by atoms with Crippen LogP contribution in [0.4, 0.5) is 0 Å². The molecule has 0 amide bonds. The summed E-state index contributed by atoms with van der Waals surface area (Å²) in [5.41, 5.74) is -0.135. The molecule has 0 aromatic carbocycles. The van der Waals surface area contributed by atoms with Gasteiger partial charge in [-0.25, -0.2) is 26.4 Å². The van der Waals surface area contributed by atoms with Crippen LogP contribution in [-0.4, -0.2) is 69.4 Å². The topological polar surface area (TPSA) is 128 Å². The Morgan fingerprint density at radius 3 is 2.73 bits per heavy atom. The summed E-state index contributed by atoms with van der Waals surface area (Å²) in [7, 11) is -4.89. The van der Waals surface area contributed by atoms with Gasteiger partial charge < -0.3 is 4.74 Å². The van der Waals surface area contributed by atoms with Gasteiger partial charge in [-0.2, -0.15) is 9.40 Å². The molecule has 2 heterocycles. The second kappa shape index (κ2) is 5.95. The zero-order valence-corrected chi connectivity index (χ0v) is 13.6. The molecule has 1 fully saturated rings. The average molecular weight is 352 g/mol. The quantitative estimate of drug-likeness (QED) is 0.631. The first kappa shape index (κ1) is 16.9. The molecule has 1 N–H and O–H groups in total. The lowest BCUT2D eigenvalue weighted by Crippen LogP contribution is -2.35. The molecule has 0 unspecified atom stereocenters. The fourth-order valence-corrected chi connectivity index (χ4v) is 4.69. The van der Waals surface area contributed by atoms with E-state index in [1.807, 2.05) is 0 Å². The van der Waals surface area contributed by atoms with Gasteiger partial charge in [0.25, 0.3) is 10.0 Å². The SMILES string of the molecule is COC(=O)c1cc(S(=O)(=O)N2CCNS(=O)(=O)CC2)n(C)n1. The standard InChI is InChI=1S/C10H16N4O6S2/c1-13-9(7-8(12-13)10(15)20-2)22(18,19)14-4-3-11-21(16,17)6-5-14/h7,11H,3-6H2,1-2H3. The fraction of sp³-hybridized carbons (Fsp3) is 0.600. The van der Waals surface area contributed by atoms with E-state index in [0.29, 0.717) is 0 Å². The number of ether oxygens (including phenoxy) is 1. The van der Waals surface area contributed by atoms with E-state index in [2.05, 4.69) is 14.6 Å². The molecule has 1 aliphatic rings. The minimum absolute atomic E-state index is 0.000298. The van der Waals surface area contributed by atoms with Gasteiger partial charge in [-0.15, -0.1) is 0 Å². The van der Waals surface area contributed by atoms with Gasteiger partial charge in [-0.05, 0) is 0 Å². The lowest BCUT2D eigenvalue weighted by atomic mass is 10.4. The third-order valence-electron chi connectivity index (χ3n) is 3.13. The molecular formula is C10H16N4O6S2. The number of aryl methyl sites for hydroxylation is 1. The van der Waals surface area contributed by atoms with E-state index in [4.69, 9.17) is 0 Å². The van der Waals surface area contributed by atoms with Crippen LogP contribution in [0.1, 0.15) is 10.5 Å². The Kier molecular flexibility index (Phi) is 4.56. The summed E-state index contributed by atoms with van der Waals surface area (Å²) in [4.78, 5) is 11.4. The monoisotopic (exact) mass is 352 g/mol. The highest BCUT2D eigenvalue weighted by molar-refractivity contribution is 7.90. The number of nitrogens with zero attached hydrogens (tertiary/aromatic N) is 3. The van der Waals surface area contributed by atoms with E-state index in [1.165, 1.54) is 7.05 Å². The zero-order valence-electron chi connectivity index (χ0n) is 12.0. The molecule has 0 saturated carbocycles. The van der Waals surface area contributed by atoms with Crippen LogP contribution in [0.5, 0.6) is 0 Å². The highest BCUT2D eigenvalue weighted by atomic mass is 32.2. The van der Waals surface area contributed by atoms with Gasteiger partial charge in [0.15, 0.2) is 10.7 Å². The van der Waals surface area contributed by atoms with Crippen LogP contribution in [0.3, 0.4) is 0 Å². The molecule has 0 atom stereocenters. The molecule has 12 heteroatoms. The summed E-state index contributed by atoms with van der Waals surface area (Å²) in [5, 5.41) is 3.60. The Hall–Kier alpha value is -1.50. The minimum Gasteiger partial charge on any atom is -0.464 e. The van der Waals surface area contributed by atoms with Crippen molar-refractivity contribution in [2.75, 3.05) is 32.5 Å². The predicted octanol–water partition coefficient (Wildman–Crippen LogP) is -1.87. The Balaban J connectivity index is 2.34. The summed E-state index contributed by atoms with van der Waals surface area (Å²) < 4.78 is 57.0. The second-order valence-corrected chi connectivity index (χ2v) is 8.41. The Morgan fingerprint density at radius 1 is 1.41 bits per heavy atom. The molecule has 0 spiro atoms. The van der Waals surface area contributed by atoms with Crippen molar-refractivity contribution in [3.8, 4) is 0 Å². The van der Waals surface area contributed by atoms with E-state index >= 15 is 0 Å². The van der Waals surface area contributed by atoms with Crippen molar-refractivity contribution in [3.63, 3.8) is 0 Å². The summed E-state index contributed by atoms with van der Waals surface area (Å²) in [6.07, 6.45) is 0. The third-order valence-corrected chi connectivity index (χ3v) is 6.45. The van der Waals surface area contributed by atoms with E-state index in [0.717, 1.165) is 22.2 Å². The number of methoxy groups -OCH3 is 1. The Morgan fingerprint density at radius 2 is 2.09 bits per heavy atom. The highest BCUT2D eigenvalue weighted by Crippen LogP contribution is 2.17. The van der Waals surface area contributed by atoms with Gasteiger partial charge in [0, 0.05) is 32.7 Å². The smallest absolute Gasteiger partial charge is 0.358 e. The maximum absolute atomic E-state index is 12.6. The first-order valence-corrected chi connectivity index (χ1v) is 9.36. The number of aromatic nitrogens is 2. The molecule has 0 aliphatic carbocycles. The first-order chi connectivity index (χ1) is 10.2. The molecule has 1 aliphatic heterocycles. The number of hydrogen-bond donors (Lipinski definition) is 1. The van der Waals surface area contributed by atoms with Gasteiger partial charge in [0.2, 0.25) is 10.0 Å². The first-order valence-electron chi connectivity index (χ1n) is 6.27. The Bertz CT molecular complexity index is 782. The van der Waals surface area contributed by atoms with Crippen molar-refractivity contribution in [3.05, 3.63) is 11.8 Å². The Labute approximate surface area is 128 Å². The average Bonchev–Trinajstić information content (AvgIpc) is 2.74. The number of hydrogen-bond acceptors (Lipinski definition) is 7. The number of carbonyl (C=O) groups excluding carboxylic acids is 1. The summed E-state index contributed by atoms with van der Waals surface area (Å²) >= 11 is 0. The lowest BCUT2D eigenvalue weighted by Gasteiger charge is -2.18. The van der Waals surface area contributed by atoms with Crippen LogP contribution in [-0.2, 0) is 31.8 Å². The molecule has 10 nitrogen and oxygen atoms in total. The van der Waals surface area contributed by atoms with Crippen LogP contribution < -0.4 is 4.72 Å². The van der Waals surface area contributed by atoms with Crippen LogP contribution in [0.25, 0.3) is 0 Å². The molecule has 1 aromatic heterocycles. The highest BCUT2D eigenvalue weighted by Gasteiger charge is 2.32. The fourth-order valence-electron chi connectivity index (χ4n) is 2.00. The van der Waals surface area contributed by atoms with E-state index in [1.54, 1.807) is 0 Å². The van der Waals surface area contributed by atoms with Crippen molar-refractivity contribution >= 4 is 26.0 Å². The van der Waals surface area contributed by atoms with Gasteiger partial charge >= 0.3 is 5.97 Å². The maximum Gasteiger partial charge on any atom is 0.358 e. The van der Waals surface area contributed by atoms with Crippen molar-refractivity contribution in [1.29, 1.82) is 0 Å². The maximum atomic E-state index is 12.6. The van der Waals surface area contributed by atoms with Crippen LogP contribution >= 0.6 is 0 Å². The third kappa shape index (κ3) is 3.29. The molecular weight excluding hydrogens is 336 g/mol. The predicted molar refractivity (Wildman–Crippen MR) is 75.1 cm³/mol. The van der Waals surface area contributed by atoms with Gasteiger partial charge in [0.1, 0.15) is 0 Å². The van der Waals surface area contributed by atoms with E-state index < -0.39 is 26.0 Å². The van der Waals surface area contributed by atoms with Crippen molar-refractivity contribution in [2.45, 2.75) is 5.03 Å². The molecule has 1 aromatic rings. The second-order valence-electron chi connectivity index (χ2n) is 4.60. The molecule has 124 valence electrons. The molecule has 2 rings (SSSR count). The van der Waals surface area contributed by atoms with Gasteiger partial charge in [-0.1, -0.05) is 0 Å². The van der Waals surface area contributed by atoms with Crippen molar-refractivity contribution in [2.24, 2.45) is 7.05 Å². The van der Waals surface area contributed by atoms with Crippen LogP contribution in [0, 0.1) is 0 Å². The molecule has 0 bridgehead atoms. The van der Waals surface area contributed by atoms with Crippen LogP contribution in [0.2, 0.25) is 0 Å². The minimum atomic E-state index is -3.97. The number of nitrogens with one attached hydrogen (secondary N) is 1. The largest absolute Gasteiger partial charge is 0.464 e. The normalized spacial score (nSPS) is 19.5. The zero-order chi connectivity index (χ0) is 16.5. The summed E-state index contributed by atoms with van der Waals surface area (Å²) in [6.45, 7) is -0.181. The number of rotatable bonds is 3. The number of carbonyl (C=O) groups is 1. The lowest BCUT2D eigenvalue weighted by molar-refractivity contribution is 0.0593. The van der Waals surface area contributed by atoms with Gasteiger partial charge in [-0.3, -0.25) is 4.68 Å². The summed E-state index contributed by atoms with van der Waals surface area (Å²) in [5.74, 6) is -1.08. The van der Waals surface area contributed by atoms with Crippen molar-refractivity contribution in [1.82, 2.24) is 18.8 Å². The number of sulfonamides is 2. The molecule has 1 saturated heterocycles. The molecule has 22 heavy (non-hydrogen) atoms.